The molecule has 0 aliphatic carbocycles. The minimum atomic E-state index is -0.204. The number of ether oxygens (including phenoxy) is 1. The second-order valence-electron chi connectivity index (χ2n) is 4.10. The Morgan fingerprint density at radius 3 is 2.80 bits per heavy atom. The number of nitrogens with zero attached hydrogens (tertiary/aromatic N) is 2. The molecule has 0 amide bonds. The Labute approximate surface area is 121 Å². The number of benzene rings is 1. The number of hydrogen-bond acceptors (Lipinski definition) is 6. The van der Waals surface area contributed by atoms with Gasteiger partial charge in [0.2, 0.25) is 11.8 Å². The first kappa shape index (κ1) is 14.6. The molecule has 0 atom stereocenters. The molecule has 6 heteroatoms. The molecule has 106 valence electrons. The smallest absolute Gasteiger partial charge is 0.306 e. The molecule has 0 fully saturated rings. The molecular formula is C14H16N2O3S. The number of carbonyl (C=O) groups excluding carboxylic acids is 1. The van der Waals surface area contributed by atoms with Crippen molar-refractivity contribution in [3.8, 4) is 0 Å². The maximum Gasteiger partial charge on any atom is 0.306 e. The van der Waals surface area contributed by atoms with Gasteiger partial charge in [-0.05, 0) is 12.1 Å². The Balaban J connectivity index is 1.59. The van der Waals surface area contributed by atoms with Crippen LogP contribution in [-0.4, -0.2) is 28.5 Å². The Morgan fingerprint density at radius 2 is 2.10 bits per heavy atom. The van der Waals surface area contributed by atoms with E-state index < -0.39 is 0 Å². The van der Waals surface area contributed by atoms with Crippen molar-refractivity contribution in [3.63, 3.8) is 0 Å². The van der Waals surface area contributed by atoms with E-state index in [-0.39, 0.29) is 12.6 Å². The van der Waals surface area contributed by atoms with Gasteiger partial charge >= 0.3 is 5.97 Å². The Bertz CT molecular complexity index is 542. The van der Waals surface area contributed by atoms with Gasteiger partial charge in [-0.2, -0.15) is 0 Å². The van der Waals surface area contributed by atoms with Crippen molar-refractivity contribution >= 4 is 17.7 Å². The van der Waals surface area contributed by atoms with E-state index in [1.165, 1.54) is 0 Å². The van der Waals surface area contributed by atoms with Crippen molar-refractivity contribution in [1.29, 1.82) is 0 Å². The van der Waals surface area contributed by atoms with Crippen LogP contribution in [0, 0.1) is 6.92 Å². The highest BCUT2D eigenvalue weighted by molar-refractivity contribution is 7.99. The van der Waals surface area contributed by atoms with Crippen LogP contribution in [0.5, 0.6) is 0 Å². The van der Waals surface area contributed by atoms with E-state index in [2.05, 4.69) is 10.2 Å². The molecule has 0 saturated heterocycles. The molecular weight excluding hydrogens is 276 g/mol. The average molecular weight is 292 g/mol. The zero-order valence-electron chi connectivity index (χ0n) is 11.2. The fourth-order valence-electron chi connectivity index (χ4n) is 1.53. The van der Waals surface area contributed by atoms with E-state index in [1.54, 1.807) is 18.7 Å². The molecule has 2 rings (SSSR count). The van der Waals surface area contributed by atoms with Gasteiger partial charge in [0.25, 0.3) is 0 Å². The van der Waals surface area contributed by atoms with Gasteiger partial charge in [0.05, 0.1) is 12.8 Å². The highest BCUT2D eigenvalue weighted by Gasteiger charge is 2.06. The predicted octanol–water partition coefficient (Wildman–Crippen LogP) is 2.65. The first-order valence-electron chi connectivity index (χ1n) is 6.36. The van der Waals surface area contributed by atoms with Gasteiger partial charge in [-0.1, -0.05) is 18.2 Å². The second kappa shape index (κ2) is 7.69. The third kappa shape index (κ3) is 5.05. The Hall–Kier alpha value is -1.82. The molecule has 0 unspecified atom stereocenters. The van der Waals surface area contributed by atoms with Crippen molar-refractivity contribution < 1.29 is 13.9 Å². The molecule has 0 radical (unpaired) electrons. The van der Waals surface area contributed by atoms with E-state index in [0.29, 0.717) is 30.4 Å². The van der Waals surface area contributed by atoms with Gasteiger partial charge < -0.3 is 9.15 Å². The summed E-state index contributed by atoms with van der Waals surface area (Å²) in [5.74, 6) is 1.52. The van der Waals surface area contributed by atoms with Crippen molar-refractivity contribution in [3.05, 3.63) is 42.1 Å². The van der Waals surface area contributed by atoms with E-state index >= 15 is 0 Å². The Kier molecular flexibility index (Phi) is 5.61. The topological polar surface area (TPSA) is 65.2 Å². The SMILES string of the molecule is Cc1nnc(CCOC(=O)CCSc2ccccc2)o1. The molecule has 0 aliphatic heterocycles. The molecule has 0 bridgehead atoms. The summed E-state index contributed by atoms with van der Waals surface area (Å²) >= 11 is 1.64. The summed E-state index contributed by atoms with van der Waals surface area (Å²) < 4.78 is 10.3. The first-order chi connectivity index (χ1) is 9.74. The zero-order chi connectivity index (χ0) is 14.2. The molecule has 0 aliphatic rings. The molecule has 20 heavy (non-hydrogen) atoms. The lowest BCUT2D eigenvalue weighted by atomic mass is 10.4. The van der Waals surface area contributed by atoms with Crippen LogP contribution < -0.4 is 0 Å². The number of aryl methyl sites for hydroxylation is 1. The number of rotatable bonds is 7. The van der Waals surface area contributed by atoms with Gasteiger partial charge in [0.1, 0.15) is 6.61 Å². The minimum absolute atomic E-state index is 0.204. The number of carbonyl (C=O) groups is 1. The van der Waals surface area contributed by atoms with Crippen LogP contribution in [0.15, 0.2) is 39.6 Å². The quantitative estimate of drug-likeness (QED) is 0.577. The fraction of sp³-hybridized carbons (Fsp3) is 0.357. The second-order valence-corrected chi connectivity index (χ2v) is 5.27. The summed E-state index contributed by atoms with van der Waals surface area (Å²) in [7, 11) is 0. The van der Waals surface area contributed by atoms with Crippen LogP contribution in [0.4, 0.5) is 0 Å². The summed E-state index contributed by atoms with van der Waals surface area (Å²) in [4.78, 5) is 12.7. The summed E-state index contributed by atoms with van der Waals surface area (Å²) in [6.07, 6.45) is 0.848. The van der Waals surface area contributed by atoms with Gasteiger partial charge in [-0.25, -0.2) is 0 Å². The summed E-state index contributed by atoms with van der Waals surface area (Å²) in [6.45, 7) is 2.00. The first-order valence-corrected chi connectivity index (χ1v) is 7.35. The van der Waals surface area contributed by atoms with Gasteiger partial charge in [-0.3, -0.25) is 4.79 Å². The largest absolute Gasteiger partial charge is 0.465 e. The van der Waals surface area contributed by atoms with Crippen molar-refractivity contribution in [2.45, 2.75) is 24.7 Å². The normalized spacial score (nSPS) is 10.4. The number of esters is 1. The van der Waals surface area contributed by atoms with Crippen molar-refractivity contribution in [2.24, 2.45) is 0 Å². The third-order valence-corrected chi connectivity index (χ3v) is 3.48. The van der Waals surface area contributed by atoms with E-state index in [1.807, 2.05) is 30.3 Å². The molecule has 5 nitrogen and oxygen atoms in total. The van der Waals surface area contributed by atoms with Crippen molar-refractivity contribution in [1.82, 2.24) is 10.2 Å². The van der Waals surface area contributed by atoms with Gasteiger partial charge in [0.15, 0.2) is 0 Å². The van der Waals surface area contributed by atoms with Gasteiger partial charge in [-0.15, -0.1) is 22.0 Å². The number of aromatic nitrogens is 2. The monoisotopic (exact) mass is 292 g/mol. The molecule has 1 heterocycles. The number of thioether (sulfide) groups is 1. The highest BCUT2D eigenvalue weighted by atomic mass is 32.2. The number of hydrogen-bond donors (Lipinski definition) is 0. The van der Waals surface area contributed by atoms with Crippen LogP contribution in [0.3, 0.4) is 0 Å². The van der Waals surface area contributed by atoms with Crippen LogP contribution >= 0.6 is 11.8 Å². The third-order valence-electron chi connectivity index (χ3n) is 2.46. The standard InChI is InChI=1S/C14H16N2O3S/c1-11-15-16-13(19-11)7-9-18-14(17)8-10-20-12-5-3-2-4-6-12/h2-6H,7-10H2,1H3. The van der Waals surface area contributed by atoms with E-state index in [0.717, 1.165) is 4.90 Å². The summed E-state index contributed by atoms with van der Waals surface area (Å²) in [6, 6.07) is 9.97. The lowest BCUT2D eigenvalue weighted by Gasteiger charge is -2.03. The van der Waals surface area contributed by atoms with Gasteiger partial charge in [0, 0.05) is 17.6 Å². The predicted molar refractivity (Wildman–Crippen MR) is 75.5 cm³/mol. The Morgan fingerprint density at radius 1 is 1.30 bits per heavy atom. The highest BCUT2D eigenvalue weighted by Crippen LogP contribution is 2.17. The fourth-order valence-corrected chi connectivity index (χ4v) is 2.39. The van der Waals surface area contributed by atoms with E-state index in [9.17, 15) is 4.79 Å². The van der Waals surface area contributed by atoms with E-state index in [4.69, 9.17) is 9.15 Å². The molecule has 0 N–H and O–H groups in total. The van der Waals surface area contributed by atoms with Crippen LogP contribution in [0.2, 0.25) is 0 Å². The maximum absolute atomic E-state index is 11.5. The van der Waals surface area contributed by atoms with Crippen LogP contribution in [-0.2, 0) is 16.0 Å². The molecule has 2 aromatic rings. The summed E-state index contributed by atoms with van der Waals surface area (Å²) in [5, 5.41) is 7.54. The molecule has 1 aromatic carbocycles. The minimum Gasteiger partial charge on any atom is -0.465 e. The molecule has 1 aromatic heterocycles. The van der Waals surface area contributed by atoms with Crippen LogP contribution in [0.25, 0.3) is 0 Å². The maximum atomic E-state index is 11.5. The lowest BCUT2D eigenvalue weighted by Crippen LogP contribution is -2.08. The summed E-state index contributed by atoms with van der Waals surface area (Å²) in [5.41, 5.74) is 0. The molecule has 0 saturated carbocycles. The zero-order valence-corrected chi connectivity index (χ0v) is 12.1. The lowest BCUT2D eigenvalue weighted by molar-refractivity contribution is -0.143. The van der Waals surface area contributed by atoms with Crippen LogP contribution in [0.1, 0.15) is 18.2 Å². The molecule has 0 spiro atoms. The average Bonchev–Trinajstić information content (AvgIpc) is 2.86. The van der Waals surface area contributed by atoms with Crippen molar-refractivity contribution in [2.75, 3.05) is 12.4 Å².